The first-order valence-electron chi connectivity index (χ1n) is 9.21. The van der Waals surface area contributed by atoms with E-state index in [-0.39, 0.29) is 18.2 Å². The predicted molar refractivity (Wildman–Crippen MR) is 98.4 cm³/mol. The van der Waals surface area contributed by atoms with Gasteiger partial charge in [0.05, 0.1) is 12.7 Å². The fourth-order valence-electron chi connectivity index (χ4n) is 3.64. The monoisotopic (exact) mass is 346 g/mol. The Hall–Kier alpha value is -1.63. The van der Waals surface area contributed by atoms with Gasteiger partial charge in [-0.15, -0.1) is 0 Å². The summed E-state index contributed by atoms with van der Waals surface area (Å²) in [5.41, 5.74) is 1.32. The minimum atomic E-state index is -0.0877. The topological polar surface area (TPSA) is 56.8 Å². The van der Waals surface area contributed by atoms with E-state index in [0.29, 0.717) is 12.5 Å². The molecule has 2 amide bonds. The van der Waals surface area contributed by atoms with Crippen molar-refractivity contribution in [1.82, 2.24) is 20.4 Å². The van der Waals surface area contributed by atoms with Crippen LogP contribution < -0.4 is 10.6 Å². The number of amides is 2. The number of urea groups is 1. The average Bonchev–Trinajstić information content (AvgIpc) is 2.93. The molecule has 0 saturated carbocycles. The third-order valence-electron chi connectivity index (χ3n) is 5.09. The highest BCUT2D eigenvalue weighted by atomic mass is 16.5. The summed E-state index contributed by atoms with van der Waals surface area (Å²) < 4.78 is 5.68. The lowest BCUT2D eigenvalue weighted by Crippen LogP contribution is -2.50. The third-order valence-corrected chi connectivity index (χ3v) is 5.09. The van der Waals surface area contributed by atoms with Gasteiger partial charge in [0.25, 0.3) is 0 Å². The molecule has 6 heteroatoms. The number of rotatable bonds is 5. The molecule has 3 atom stereocenters. The molecule has 2 saturated heterocycles. The van der Waals surface area contributed by atoms with Crippen LogP contribution in [-0.2, 0) is 11.3 Å². The smallest absolute Gasteiger partial charge is 0.315 e. The quantitative estimate of drug-likeness (QED) is 0.839. The summed E-state index contributed by atoms with van der Waals surface area (Å²) in [5.74, 6) is 0.450. The Labute approximate surface area is 150 Å². The van der Waals surface area contributed by atoms with Gasteiger partial charge < -0.3 is 20.3 Å². The van der Waals surface area contributed by atoms with Crippen molar-refractivity contribution in [2.45, 2.75) is 25.6 Å². The minimum absolute atomic E-state index is 0.0834. The predicted octanol–water partition coefficient (Wildman–Crippen LogP) is 1.14. The molecule has 3 rings (SSSR count). The Morgan fingerprint density at radius 3 is 2.80 bits per heavy atom. The number of likely N-dealkylation sites (N-methyl/N-ethyl adjacent to an activating group) is 1. The fraction of sp³-hybridized carbons (Fsp3) is 0.632. The molecular weight excluding hydrogens is 316 g/mol. The number of benzene rings is 1. The summed E-state index contributed by atoms with van der Waals surface area (Å²) in [4.78, 5) is 16.9. The summed E-state index contributed by atoms with van der Waals surface area (Å²) in [6.45, 7) is 8.17. The van der Waals surface area contributed by atoms with Crippen LogP contribution in [-0.4, -0.2) is 74.4 Å². The van der Waals surface area contributed by atoms with Gasteiger partial charge in [-0.25, -0.2) is 4.79 Å². The summed E-state index contributed by atoms with van der Waals surface area (Å²) in [6.07, 6.45) is 0.0834. The number of nitrogens with one attached hydrogen (secondary N) is 2. The van der Waals surface area contributed by atoms with E-state index < -0.39 is 0 Å². The van der Waals surface area contributed by atoms with Gasteiger partial charge in [0, 0.05) is 45.3 Å². The number of hydrogen-bond acceptors (Lipinski definition) is 4. The van der Waals surface area contributed by atoms with Crippen molar-refractivity contribution in [3.63, 3.8) is 0 Å². The third kappa shape index (κ3) is 5.42. The summed E-state index contributed by atoms with van der Waals surface area (Å²) >= 11 is 0. The molecule has 2 aliphatic heterocycles. The molecule has 0 spiro atoms. The number of nitrogens with zero attached hydrogens (tertiary/aromatic N) is 2. The van der Waals surface area contributed by atoms with E-state index in [2.05, 4.69) is 58.7 Å². The average molecular weight is 346 g/mol. The van der Waals surface area contributed by atoms with Gasteiger partial charge in [-0.1, -0.05) is 37.3 Å². The highest BCUT2D eigenvalue weighted by Crippen LogP contribution is 2.18. The Bertz CT molecular complexity index is 554. The Morgan fingerprint density at radius 2 is 2.04 bits per heavy atom. The van der Waals surface area contributed by atoms with Gasteiger partial charge in [-0.3, -0.25) is 4.90 Å². The summed E-state index contributed by atoms with van der Waals surface area (Å²) in [5, 5.41) is 6.10. The fourth-order valence-corrected chi connectivity index (χ4v) is 3.64. The van der Waals surface area contributed by atoms with Gasteiger partial charge >= 0.3 is 6.03 Å². The standard InChI is InChI=1S/C19H30N4O2/c1-15-11-23(12-16-6-4-3-5-7-16)14-18(15)21-19(24)20-10-17-13-22(2)8-9-25-17/h3-7,15,17-18H,8-14H2,1-2H3,(H2,20,21,24)/t15-,17-,18+/m1/s1. The highest BCUT2D eigenvalue weighted by molar-refractivity contribution is 5.74. The lowest BCUT2D eigenvalue weighted by Gasteiger charge is -2.30. The molecule has 138 valence electrons. The Balaban J connectivity index is 1.40. The van der Waals surface area contributed by atoms with Gasteiger partial charge in [0.15, 0.2) is 0 Å². The molecule has 1 aromatic rings. The Kier molecular flexibility index (Phi) is 6.29. The van der Waals surface area contributed by atoms with Crippen LogP contribution in [0.25, 0.3) is 0 Å². The van der Waals surface area contributed by atoms with Crippen molar-refractivity contribution in [1.29, 1.82) is 0 Å². The molecule has 1 aromatic carbocycles. The molecule has 6 nitrogen and oxygen atoms in total. The lowest BCUT2D eigenvalue weighted by molar-refractivity contribution is -0.0168. The largest absolute Gasteiger partial charge is 0.374 e. The van der Waals surface area contributed by atoms with E-state index in [1.54, 1.807) is 0 Å². The molecule has 0 unspecified atom stereocenters. The van der Waals surface area contributed by atoms with Crippen LogP contribution in [0, 0.1) is 5.92 Å². The maximum absolute atomic E-state index is 12.2. The van der Waals surface area contributed by atoms with Crippen LogP contribution in [0.3, 0.4) is 0 Å². The first-order chi connectivity index (χ1) is 12.1. The first kappa shape index (κ1) is 18.2. The molecule has 0 bridgehead atoms. The number of hydrogen-bond donors (Lipinski definition) is 2. The molecule has 0 aromatic heterocycles. The van der Waals surface area contributed by atoms with E-state index in [4.69, 9.17) is 4.74 Å². The van der Waals surface area contributed by atoms with Crippen molar-refractivity contribution in [2.24, 2.45) is 5.92 Å². The molecule has 2 aliphatic rings. The van der Waals surface area contributed by atoms with E-state index in [1.165, 1.54) is 5.56 Å². The van der Waals surface area contributed by atoms with E-state index >= 15 is 0 Å². The summed E-state index contributed by atoms with van der Waals surface area (Å²) in [7, 11) is 2.08. The van der Waals surface area contributed by atoms with Crippen molar-refractivity contribution >= 4 is 6.03 Å². The lowest BCUT2D eigenvalue weighted by atomic mass is 10.1. The van der Waals surface area contributed by atoms with Gasteiger partial charge in [-0.2, -0.15) is 0 Å². The summed E-state index contributed by atoms with van der Waals surface area (Å²) in [6, 6.07) is 10.6. The number of carbonyl (C=O) groups is 1. The van der Waals surface area contributed by atoms with Crippen molar-refractivity contribution in [3.05, 3.63) is 35.9 Å². The molecule has 2 fully saturated rings. The SMILES string of the molecule is C[C@@H]1CN(Cc2ccccc2)C[C@@H]1NC(=O)NC[C@@H]1CN(C)CCO1. The van der Waals surface area contributed by atoms with Crippen LogP contribution in [0.15, 0.2) is 30.3 Å². The number of likely N-dealkylation sites (tertiary alicyclic amines) is 1. The van der Waals surface area contributed by atoms with E-state index in [0.717, 1.165) is 39.3 Å². The molecule has 25 heavy (non-hydrogen) atoms. The molecule has 2 heterocycles. The zero-order chi connectivity index (χ0) is 17.6. The Morgan fingerprint density at radius 1 is 1.24 bits per heavy atom. The zero-order valence-electron chi connectivity index (χ0n) is 15.3. The number of morpholine rings is 1. The second-order valence-electron chi connectivity index (χ2n) is 7.37. The van der Waals surface area contributed by atoms with Crippen molar-refractivity contribution < 1.29 is 9.53 Å². The molecule has 0 radical (unpaired) electrons. The van der Waals surface area contributed by atoms with Gasteiger partial charge in [0.1, 0.15) is 0 Å². The van der Waals surface area contributed by atoms with Crippen LogP contribution in [0.4, 0.5) is 4.79 Å². The highest BCUT2D eigenvalue weighted by Gasteiger charge is 2.30. The van der Waals surface area contributed by atoms with E-state index in [9.17, 15) is 4.79 Å². The zero-order valence-corrected chi connectivity index (χ0v) is 15.3. The van der Waals surface area contributed by atoms with Crippen LogP contribution in [0.5, 0.6) is 0 Å². The number of ether oxygens (including phenoxy) is 1. The van der Waals surface area contributed by atoms with Crippen molar-refractivity contribution in [3.8, 4) is 0 Å². The van der Waals surface area contributed by atoms with Gasteiger partial charge in [-0.05, 0) is 18.5 Å². The van der Waals surface area contributed by atoms with Crippen LogP contribution >= 0.6 is 0 Å². The van der Waals surface area contributed by atoms with Crippen LogP contribution in [0.1, 0.15) is 12.5 Å². The minimum Gasteiger partial charge on any atom is -0.374 e. The number of carbonyl (C=O) groups excluding carboxylic acids is 1. The molecule has 0 aliphatic carbocycles. The molecule has 2 N–H and O–H groups in total. The van der Waals surface area contributed by atoms with Crippen LogP contribution in [0.2, 0.25) is 0 Å². The second-order valence-corrected chi connectivity index (χ2v) is 7.37. The van der Waals surface area contributed by atoms with Gasteiger partial charge in [0.2, 0.25) is 0 Å². The maximum atomic E-state index is 12.2. The second kappa shape index (κ2) is 8.65. The maximum Gasteiger partial charge on any atom is 0.315 e. The van der Waals surface area contributed by atoms with Crippen molar-refractivity contribution in [2.75, 3.05) is 46.4 Å². The normalized spacial score (nSPS) is 28.0. The molecular formula is C19H30N4O2. The van der Waals surface area contributed by atoms with E-state index in [1.807, 2.05) is 6.07 Å². The first-order valence-corrected chi connectivity index (χ1v) is 9.21.